The third kappa shape index (κ3) is 6.28. The maximum Gasteiger partial charge on any atom is 0.410 e. The zero-order valence-electron chi connectivity index (χ0n) is 14.9. The predicted octanol–water partition coefficient (Wildman–Crippen LogP) is 2.58. The van der Waals surface area contributed by atoms with Gasteiger partial charge in [0, 0.05) is 25.7 Å². The predicted molar refractivity (Wildman–Crippen MR) is 92.5 cm³/mol. The number of likely N-dealkylation sites (tertiary alicyclic amines) is 1. The smallest absolute Gasteiger partial charge is 0.410 e. The number of rotatable bonds is 4. The summed E-state index contributed by atoms with van der Waals surface area (Å²) < 4.78 is 5.49. The van der Waals surface area contributed by atoms with Crippen molar-refractivity contribution in [1.29, 1.82) is 0 Å². The van der Waals surface area contributed by atoms with E-state index in [1.807, 2.05) is 25.7 Å². The second-order valence-electron chi connectivity index (χ2n) is 7.55. The van der Waals surface area contributed by atoms with Crippen molar-refractivity contribution >= 4 is 12.1 Å². The summed E-state index contributed by atoms with van der Waals surface area (Å²) in [5.74, 6) is 0.617. The molecule has 6 nitrogen and oxygen atoms in total. The number of nitrogens with zero attached hydrogens (tertiary/aromatic N) is 3. The molecule has 0 aromatic heterocycles. The van der Waals surface area contributed by atoms with E-state index >= 15 is 0 Å². The minimum Gasteiger partial charge on any atom is -0.444 e. The maximum atomic E-state index is 12.3. The van der Waals surface area contributed by atoms with Crippen LogP contribution in [0.1, 0.15) is 59.3 Å². The van der Waals surface area contributed by atoms with E-state index in [9.17, 15) is 4.79 Å². The van der Waals surface area contributed by atoms with Crippen LogP contribution in [0.15, 0.2) is 4.99 Å². The molecule has 0 aromatic rings. The molecule has 1 amide bonds. The molecule has 2 fully saturated rings. The summed E-state index contributed by atoms with van der Waals surface area (Å²) in [4.78, 5) is 20.7. The number of amides is 1. The molecule has 0 spiro atoms. The summed E-state index contributed by atoms with van der Waals surface area (Å²) in [6, 6.07) is 0.319. The number of aliphatic imine (C=N–C) groups is 1. The number of nitrogens with two attached hydrogens (primary N) is 1. The maximum absolute atomic E-state index is 12.3. The largest absolute Gasteiger partial charge is 0.444 e. The van der Waals surface area contributed by atoms with Crippen molar-refractivity contribution in [2.24, 2.45) is 10.7 Å². The molecule has 0 radical (unpaired) electrons. The van der Waals surface area contributed by atoms with Crippen molar-refractivity contribution < 1.29 is 9.53 Å². The van der Waals surface area contributed by atoms with Crippen LogP contribution >= 0.6 is 0 Å². The topological polar surface area (TPSA) is 71.2 Å². The molecule has 2 rings (SSSR count). The van der Waals surface area contributed by atoms with Crippen LogP contribution in [-0.2, 0) is 4.74 Å². The zero-order valence-corrected chi connectivity index (χ0v) is 14.9. The van der Waals surface area contributed by atoms with Crippen LogP contribution in [0.4, 0.5) is 4.79 Å². The van der Waals surface area contributed by atoms with Crippen LogP contribution in [0.5, 0.6) is 0 Å². The summed E-state index contributed by atoms with van der Waals surface area (Å²) in [5, 5.41) is 0. The zero-order chi connectivity index (χ0) is 16.9. The first-order valence-corrected chi connectivity index (χ1v) is 8.91. The Morgan fingerprint density at radius 2 is 1.83 bits per heavy atom. The molecular weight excluding hydrogens is 292 g/mol. The Labute approximate surface area is 140 Å². The first-order chi connectivity index (χ1) is 10.9. The highest BCUT2D eigenvalue weighted by Gasteiger charge is 2.34. The standard InChI is InChI=1S/C17H32N4O2/c1-17(2,3)23-16(22)21(14-8-9-14)13-10-19-15(18)20-11-6-4-5-7-12-20/h14H,4-13H2,1-3H3,(H2,18,19). The van der Waals surface area contributed by atoms with Gasteiger partial charge in [-0.15, -0.1) is 0 Å². The van der Waals surface area contributed by atoms with Gasteiger partial charge in [0.1, 0.15) is 5.60 Å². The monoisotopic (exact) mass is 324 g/mol. The van der Waals surface area contributed by atoms with Crippen LogP contribution < -0.4 is 5.73 Å². The van der Waals surface area contributed by atoms with Crippen LogP contribution in [0, 0.1) is 0 Å². The molecule has 1 heterocycles. The Morgan fingerprint density at radius 1 is 1.22 bits per heavy atom. The quantitative estimate of drug-likeness (QED) is 0.637. The highest BCUT2D eigenvalue weighted by molar-refractivity contribution is 5.78. The van der Waals surface area contributed by atoms with Gasteiger partial charge in [-0.05, 0) is 46.5 Å². The minimum absolute atomic E-state index is 0.233. The Kier molecular flexibility index (Phi) is 6.13. The average Bonchev–Trinajstić information content (AvgIpc) is 3.27. The van der Waals surface area contributed by atoms with Crippen LogP contribution in [0.3, 0.4) is 0 Å². The molecule has 132 valence electrons. The molecule has 1 aliphatic heterocycles. The van der Waals surface area contributed by atoms with E-state index in [0.717, 1.165) is 25.9 Å². The molecule has 0 atom stereocenters. The molecule has 1 saturated carbocycles. The van der Waals surface area contributed by atoms with Crippen LogP contribution in [-0.4, -0.2) is 59.7 Å². The average molecular weight is 324 g/mol. The number of carbonyl (C=O) groups is 1. The van der Waals surface area contributed by atoms with Gasteiger partial charge < -0.3 is 20.3 Å². The van der Waals surface area contributed by atoms with E-state index in [2.05, 4.69) is 9.89 Å². The van der Waals surface area contributed by atoms with E-state index in [1.54, 1.807) is 0 Å². The van der Waals surface area contributed by atoms with Gasteiger partial charge in [-0.25, -0.2) is 4.79 Å². The molecular formula is C17H32N4O2. The molecule has 23 heavy (non-hydrogen) atoms. The van der Waals surface area contributed by atoms with Crippen LogP contribution in [0.25, 0.3) is 0 Å². The molecule has 0 bridgehead atoms. The SMILES string of the molecule is CC(C)(C)OC(=O)N(CCN=C(N)N1CCCCCC1)C1CC1. The molecule has 2 aliphatic rings. The van der Waals surface area contributed by atoms with Gasteiger partial charge in [-0.3, -0.25) is 4.99 Å². The molecule has 6 heteroatoms. The fourth-order valence-electron chi connectivity index (χ4n) is 2.80. The van der Waals surface area contributed by atoms with Crippen molar-refractivity contribution in [3.63, 3.8) is 0 Å². The van der Waals surface area contributed by atoms with Gasteiger partial charge in [-0.2, -0.15) is 0 Å². The molecule has 1 saturated heterocycles. The molecule has 0 unspecified atom stereocenters. The Bertz CT molecular complexity index is 419. The second kappa shape index (κ2) is 7.88. The lowest BCUT2D eigenvalue weighted by atomic mass is 10.2. The first kappa shape index (κ1) is 17.9. The lowest BCUT2D eigenvalue weighted by Gasteiger charge is -2.27. The van der Waals surface area contributed by atoms with Gasteiger partial charge in [0.2, 0.25) is 0 Å². The van der Waals surface area contributed by atoms with Gasteiger partial charge in [-0.1, -0.05) is 12.8 Å². The van der Waals surface area contributed by atoms with E-state index in [1.165, 1.54) is 25.7 Å². The number of guanidine groups is 1. The second-order valence-corrected chi connectivity index (χ2v) is 7.55. The van der Waals surface area contributed by atoms with Gasteiger partial charge in [0.25, 0.3) is 0 Å². The number of carbonyl (C=O) groups excluding carboxylic acids is 1. The lowest BCUT2D eigenvalue weighted by Crippen LogP contribution is -2.41. The highest BCUT2D eigenvalue weighted by atomic mass is 16.6. The number of hydrogen-bond acceptors (Lipinski definition) is 3. The number of hydrogen-bond donors (Lipinski definition) is 1. The first-order valence-electron chi connectivity index (χ1n) is 8.91. The normalized spacial score (nSPS) is 20.1. The summed E-state index contributed by atoms with van der Waals surface area (Å²) in [6.07, 6.45) is 6.80. The highest BCUT2D eigenvalue weighted by Crippen LogP contribution is 2.28. The molecule has 0 aromatic carbocycles. The van der Waals surface area contributed by atoms with Gasteiger partial charge in [0.05, 0.1) is 6.54 Å². The Morgan fingerprint density at radius 3 is 2.35 bits per heavy atom. The third-order valence-corrected chi connectivity index (χ3v) is 4.16. The molecule has 2 N–H and O–H groups in total. The van der Waals surface area contributed by atoms with Gasteiger partial charge >= 0.3 is 6.09 Å². The van der Waals surface area contributed by atoms with E-state index < -0.39 is 5.60 Å². The fraction of sp³-hybridized carbons (Fsp3) is 0.882. The van der Waals surface area contributed by atoms with Crippen molar-refractivity contribution in [3.8, 4) is 0 Å². The van der Waals surface area contributed by atoms with Crippen molar-refractivity contribution in [3.05, 3.63) is 0 Å². The van der Waals surface area contributed by atoms with Crippen molar-refractivity contribution in [2.75, 3.05) is 26.2 Å². The fourth-order valence-corrected chi connectivity index (χ4v) is 2.80. The van der Waals surface area contributed by atoms with E-state index in [0.29, 0.717) is 25.1 Å². The Balaban J connectivity index is 1.83. The van der Waals surface area contributed by atoms with E-state index in [-0.39, 0.29) is 6.09 Å². The summed E-state index contributed by atoms with van der Waals surface area (Å²) in [5.41, 5.74) is 5.66. The summed E-state index contributed by atoms with van der Waals surface area (Å²) in [6.45, 7) is 8.79. The summed E-state index contributed by atoms with van der Waals surface area (Å²) in [7, 11) is 0. The lowest BCUT2D eigenvalue weighted by molar-refractivity contribution is 0.0240. The minimum atomic E-state index is -0.460. The summed E-state index contributed by atoms with van der Waals surface area (Å²) >= 11 is 0. The van der Waals surface area contributed by atoms with Crippen molar-refractivity contribution in [1.82, 2.24) is 9.80 Å². The van der Waals surface area contributed by atoms with Crippen molar-refractivity contribution in [2.45, 2.75) is 70.9 Å². The van der Waals surface area contributed by atoms with Gasteiger partial charge in [0.15, 0.2) is 5.96 Å². The van der Waals surface area contributed by atoms with E-state index in [4.69, 9.17) is 10.5 Å². The number of ether oxygens (including phenoxy) is 1. The Hall–Kier alpha value is -1.46. The van der Waals surface area contributed by atoms with Crippen LogP contribution in [0.2, 0.25) is 0 Å². The third-order valence-electron chi connectivity index (χ3n) is 4.16. The molecule has 1 aliphatic carbocycles.